The molecule has 0 saturated heterocycles. The number of benzene rings is 3. The van der Waals surface area contributed by atoms with Gasteiger partial charge in [-0.2, -0.15) is 0 Å². The molecule has 2 amide bonds. The highest BCUT2D eigenvalue weighted by atomic mass is 79.9. The normalized spacial score (nSPS) is 12.0. The Morgan fingerprint density at radius 1 is 1.03 bits per heavy atom. The third kappa shape index (κ3) is 6.95. The van der Waals surface area contributed by atoms with Crippen molar-refractivity contribution in [1.82, 2.24) is 10.2 Å². The van der Waals surface area contributed by atoms with Gasteiger partial charge < -0.3 is 10.2 Å². The Kier molecular flexibility index (Phi) is 9.45. The van der Waals surface area contributed by atoms with E-state index >= 15 is 0 Å². The number of hydrogen-bond acceptors (Lipinski definition) is 4. The van der Waals surface area contributed by atoms with Crippen molar-refractivity contribution in [2.45, 2.75) is 37.8 Å². The molecule has 0 aliphatic carbocycles. The fraction of sp³-hybridized carbons (Fsp3) is 0.259. The number of carbonyl (C=O) groups excluding carboxylic acids is 2. The number of halogens is 2. The number of anilines is 1. The van der Waals surface area contributed by atoms with Crippen LogP contribution >= 0.6 is 15.9 Å². The van der Waals surface area contributed by atoms with Gasteiger partial charge in [-0.3, -0.25) is 13.9 Å². The minimum atomic E-state index is -4.14. The van der Waals surface area contributed by atoms with Crippen LogP contribution in [0.2, 0.25) is 0 Å². The van der Waals surface area contributed by atoms with E-state index in [1.54, 1.807) is 43.3 Å². The molecule has 3 rings (SSSR count). The van der Waals surface area contributed by atoms with E-state index in [9.17, 15) is 22.4 Å². The zero-order chi connectivity index (χ0) is 27.2. The van der Waals surface area contributed by atoms with Gasteiger partial charge in [0.25, 0.3) is 10.0 Å². The van der Waals surface area contributed by atoms with Crippen molar-refractivity contribution < 1.29 is 22.4 Å². The Hall–Kier alpha value is -3.24. The van der Waals surface area contributed by atoms with Gasteiger partial charge in [0.05, 0.1) is 10.6 Å². The number of carbonyl (C=O) groups is 2. The summed E-state index contributed by atoms with van der Waals surface area (Å²) in [4.78, 5) is 27.8. The molecule has 1 atom stereocenters. The summed E-state index contributed by atoms with van der Waals surface area (Å²) in [5.41, 5.74) is 1.79. The zero-order valence-corrected chi connectivity index (χ0v) is 23.2. The molecular formula is C27H29BrFN3O4S. The lowest BCUT2D eigenvalue weighted by Crippen LogP contribution is -2.51. The summed E-state index contributed by atoms with van der Waals surface area (Å²) >= 11 is 3.37. The molecule has 7 nitrogen and oxygen atoms in total. The molecule has 0 aliphatic rings. The van der Waals surface area contributed by atoms with E-state index in [-0.39, 0.29) is 23.0 Å². The van der Waals surface area contributed by atoms with Gasteiger partial charge in [-0.1, -0.05) is 58.7 Å². The Morgan fingerprint density at radius 2 is 1.68 bits per heavy atom. The summed E-state index contributed by atoms with van der Waals surface area (Å²) in [6.45, 7) is 3.08. The quantitative estimate of drug-likeness (QED) is 0.373. The van der Waals surface area contributed by atoms with Crippen molar-refractivity contribution in [1.29, 1.82) is 0 Å². The van der Waals surface area contributed by atoms with E-state index in [4.69, 9.17) is 0 Å². The highest BCUT2D eigenvalue weighted by molar-refractivity contribution is 9.10. The van der Waals surface area contributed by atoms with Crippen molar-refractivity contribution in [2.75, 3.05) is 17.9 Å². The third-order valence-electron chi connectivity index (χ3n) is 5.88. The van der Waals surface area contributed by atoms with Gasteiger partial charge in [0.15, 0.2) is 0 Å². The maximum Gasteiger partial charge on any atom is 0.264 e. The molecule has 10 heteroatoms. The van der Waals surface area contributed by atoms with E-state index in [0.717, 1.165) is 9.87 Å². The Morgan fingerprint density at radius 3 is 2.24 bits per heavy atom. The first kappa shape index (κ1) is 28.3. The van der Waals surface area contributed by atoms with Crippen LogP contribution in [0.1, 0.15) is 24.5 Å². The SMILES string of the molecule is CC[C@@H](C(=O)NC)N(Cc1ccc(F)cc1)C(=O)CN(c1cccc(Br)c1)S(=O)(=O)c1ccc(C)cc1. The number of hydrogen-bond donors (Lipinski definition) is 1. The summed E-state index contributed by atoms with van der Waals surface area (Å²) < 4.78 is 42.7. The van der Waals surface area contributed by atoms with Crippen LogP contribution in [-0.2, 0) is 26.2 Å². The first-order valence-corrected chi connectivity index (χ1v) is 13.9. The van der Waals surface area contributed by atoms with Crippen molar-refractivity contribution in [3.63, 3.8) is 0 Å². The molecule has 37 heavy (non-hydrogen) atoms. The van der Waals surface area contributed by atoms with Crippen molar-refractivity contribution in [3.05, 3.63) is 94.2 Å². The van der Waals surface area contributed by atoms with E-state index in [1.165, 1.54) is 48.3 Å². The number of sulfonamides is 1. The Labute approximate surface area is 225 Å². The smallest absolute Gasteiger partial charge is 0.264 e. The number of nitrogens with zero attached hydrogens (tertiary/aromatic N) is 2. The molecule has 0 saturated carbocycles. The van der Waals surface area contributed by atoms with Crippen molar-refractivity contribution in [2.24, 2.45) is 0 Å². The number of aryl methyl sites for hydroxylation is 1. The van der Waals surface area contributed by atoms with Crippen LogP contribution in [0.25, 0.3) is 0 Å². The standard InChI is InChI=1S/C27H29BrFN3O4S/c1-4-25(27(34)30-3)31(17-20-10-12-22(29)13-11-20)26(33)18-32(23-7-5-6-21(28)16-23)37(35,36)24-14-8-19(2)9-15-24/h5-16,25H,4,17-18H2,1-3H3,(H,30,34)/t25-/m0/s1. The van der Waals surface area contributed by atoms with Gasteiger partial charge in [-0.15, -0.1) is 0 Å². The van der Waals surface area contributed by atoms with Crippen LogP contribution in [0.15, 0.2) is 82.2 Å². The summed E-state index contributed by atoms with van der Waals surface area (Å²) in [5.74, 6) is -1.38. The lowest BCUT2D eigenvalue weighted by Gasteiger charge is -2.33. The lowest BCUT2D eigenvalue weighted by atomic mass is 10.1. The minimum Gasteiger partial charge on any atom is -0.357 e. The third-order valence-corrected chi connectivity index (χ3v) is 8.16. The molecule has 0 aliphatic heterocycles. The molecular weight excluding hydrogens is 561 g/mol. The maximum atomic E-state index is 13.8. The zero-order valence-electron chi connectivity index (χ0n) is 20.8. The van der Waals surface area contributed by atoms with Crippen LogP contribution in [0.4, 0.5) is 10.1 Å². The predicted molar refractivity (Wildman–Crippen MR) is 145 cm³/mol. The highest BCUT2D eigenvalue weighted by Crippen LogP contribution is 2.27. The summed E-state index contributed by atoms with van der Waals surface area (Å²) in [5, 5.41) is 2.57. The molecule has 0 aromatic heterocycles. The van der Waals surface area contributed by atoms with Gasteiger partial charge in [0.1, 0.15) is 18.4 Å². The number of likely N-dealkylation sites (N-methyl/N-ethyl adjacent to an activating group) is 1. The lowest BCUT2D eigenvalue weighted by molar-refractivity contribution is -0.140. The number of amides is 2. The van der Waals surface area contributed by atoms with Gasteiger partial charge in [-0.25, -0.2) is 12.8 Å². The van der Waals surface area contributed by atoms with Gasteiger partial charge in [-0.05, 0) is 61.4 Å². The number of nitrogens with one attached hydrogen (secondary N) is 1. The minimum absolute atomic E-state index is 0.00193. The largest absolute Gasteiger partial charge is 0.357 e. The first-order chi connectivity index (χ1) is 17.6. The molecule has 0 radical (unpaired) electrons. The fourth-order valence-electron chi connectivity index (χ4n) is 3.87. The molecule has 3 aromatic carbocycles. The van der Waals surface area contributed by atoms with E-state index in [1.807, 2.05) is 6.92 Å². The van der Waals surface area contributed by atoms with Crippen LogP contribution in [0, 0.1) is 12.7 Å². The molecule has 3 aromatic rings. The predicted octanol–water partition coefficient (Wildman–Crippen LogP) is 4.65. The second kappa shape index (κ2) is 12.3. The monoisotopic (exact) mass is 589 g/mol. The summed E-state index contributed by atoms with van der Waals surface area (Å²) in [6.07, 6.45) is 0.300. The van der Waals surface area contributed by atoms with Crippen LogP contribution in [-0.4, -0.2) is 44.8 Å². The van der Waals surface area contributed by atoms with Gasteiger partial charge in [0, 0.05) is 18.1 Å². The fourth-order valence-corrected chi connectivity index (χ4v) is 5.66. The van der Waals surface area contributed by atoms with E-state index < -0.39 is 34.3 Å². The maximum absolute atomic E-state index is 13.8. The molecule has 0 spiro atoms. The molecule has 0 heterocycles. The van der Waals surface area contributed by atoms with Crippen LogP contribution < -0.4 is 9.62 Å². The first-order valence-electron chi connectivity index (χ1n) is 11.7. The number of rotatable bonds is 10. The van der Waals surface area contributed by atoms with E-state index in [2.05, 4.69) is 21.2 Å². The molecule has 0 bridgehead atoms. The molecule has 1 N–H and O–H groups in total. The Bertz CT molecular complexity index is 1350. The summed E-state index contributed by atoms with van der Waals surface area (Å²) in [6, 6.07) is 17.8. The topological polar surface area (TPSA) is 86.8 Å². The average Bonchev–Trinajstić information content (AvgIpc) is 2.88. The van der Waals surface area contributed by atoms with Crippen LogP contribution in [0.3, 0.4) is 0 Å². The van der Waals surface area contributed by atoms with Gasteiger partial charge >= 0.3 is 0 Å². The van der Waals surface area contributed by atoms with Crippen molar-refractivity contribution >= 4 is 43.5 Å². The summed E-state index contributed by atoms with van der Waals surface area (Å²) in [7, 11) is -2.66. The highest BCUT2D eigenvalue weighted by Gasteiger charge is 2.33. The molecule has 0 fully saturated rings. The van der Waals surface area contributed by atoms with Crippen LogP contribution in [0.5, 0.6) is 0 Å². The molecule has 196 valence electrons. The van der Waals surface area contributed by atoms with Gasteiger partial charge in [0.2, 0.25) is 11.8 Å². The second-order valence-corrected chi connectivity index (χ2v) is 11.3. The Balaban J connectivity index is 2.05. The molecule has 0 unspecified atom stereocenters. The van der Waals surface area contributed by atoms with E-state index in [0.29, 0.717) is 16.5 Å². The average molecular weight is 591 g/mol. The van der Waals surface area contributed by atoms with Crippen molar-refractivity contribution in [3.8, 4) is 0 Å². The second-order valence-electron chi connectivity index (χ2n) is 8.49.